The topological polar surface area (TPSA) is 84.2 Å². The Kier molecular flexibility index (Phi) is 8.00. The van der Waals surface area contributed by atoms with Crippen LogP contribution in [0.25, 0.3) is 0 Å². The molecule has 0 radical (unpaired) electrons. The Hall–Kier alpha value is -0.980. The van der Waals surface area contributed by atoms with Crippen molar-refractivity contribution in [2.24, 2.45) is 0 Å². The minimum absolute atomic E-state index is 0.0474. The molecule has 5 nitrogen and oxygen atoms in total. The van der Waals surface area contributed by atoms with E-state index >= 15 is 0 Å². The number of aliphatic hydroxyl groups excluding tert-OH is 4. The van der Waals surface area contributed by atoms with Crippen LogP contribution in [0.3, 0.4) is 0 Å². The number of aliphatic hydroxyl groups is 4. The molecule has 0 bridgehead atoms. The molecule has 5 heteroatoms. The molecule has 0 aromatic heterocycles. The van der Waals surface area contributed by atoms with Crippen molar-refractivity contribution in [1.29, 1.82) is 0 Å². The average Bonchev–Trinajstić information content (AvgIpc) is 2.46. The van der Waals surface area contributed by atoms with Gasteiger partial charge in [0.25, 0.3) is 0 Å². The molecule has 22 heavy (non-hydrogen) atoms. The van der Waals surface area contributed by atoms with E-state index in [0.717, 1.165) is 5.56 Å². The second-order valence-electron chi connectivity index (χ2n) is 5.94. The van der Waals surface area contributed by atoms with E-state index in [4.69, 9.17) is 0 Å². The first kappa shape index (κ1) is 19.1. The van der Waals surface area contributed by atoms with E-state index < -0.39 is 17.7 Å². The Morgan fingerprint density at radius 1 is 0.909 bits per heavy atom. The zero-order valence-corrected chi connectivity index (χ0v) is 13.5. The number of benzene rings is 1. The standard InChI is InChI=1S/C17H29NO4/c1-14(21)12-17(13-15(2)22,16-6-4-3-5-7-16)18(8-10-19)9-11-20/h3-7,14-15,19-22H,8-13H2,1-2H3. The van der Waals surface area contributed by atoms with E-state index in [0.29, 0.717) is 25.9 Å². The predicted molar refractivity (Wildman–Crippen MR) is 86.5 cm³/mol. The van der Waals surface area contributed by atoms with Crippen LogP contribution in [-0.4, -0.2) is 63.8 Å². The van der Waals surface area contributed by atoms with Crippen LogP contribution in [0.2, 0.25) is 0 Å². The molecule has 0 aliphatic heterocycles. The van der Waals surface area contributed by atoms with Gasteiger partial charge in [-0.1, -0.05) is 30.3 Å². The summed E-state index contributed by atoms with van der Waals surface area (Å²) in [6.07, 6.45) is -0.304. The van der Waals surface area contributed by atoms with Crippen molar-refractivity contribution in [2.45, 2.75) is 44.4 Å². The molecule has 0 spiro atoms. The van der Waals surface area contributed by atoms with Gasteiger partial charge in [0.2, 0.25) is 0 Å². The normalized spacial score (nSPS) is 17.2. The molecule has 0 saturated carbocycles. The molecule has 126 valence electrons. The summed E-state index contributed by atoms with van der Waals surface area (Å²) >= 11 is 0. The first-order valence-corrected chi connectivity index (χ1v) is 7.84. The van der Waals surface area contributed by atoms with Gasteiger partial charge in [-0.25, -0.2) is 0 Å². The predicted octanol–water partition coefficient (Wildman–Crippen LogP) is 0.710. The van der Waals surface area contributed by atoms with Gasteiger partial charge in [-0.3, -0.25) is 4.90 Å². The molecule has 0 aliphatic rings. The van der Waals surface area contributed by atoms with Crippen LogP contribution in [-0.2, 0) is 5.54 Å². The highest BCUT2D eigenvalue weighted by Gasteiger charge is 2.40. The number of hydrogen-bond acceptors (Lipinski definition) is 5. The summed E-state index contributed by atoms with van der Waals surface area (Å²) in [6.45, 7) is 4.08. The first-order chi connectivity index (χ1) is 10.5. The van der Waals surface area contributed by atoms with Crippen LogP contribution in [0.15, 0.2) is 30.3 Å². The second-order valence-corrected chi connectivity index (χ2v) is 5.94. The fraction of sp³-hybridized carbons (Fsp3) is 0.647. The van der Waals surface area contributed by atoms with Crippen LogP contribution in [0, 0.1) is 0 Å². The quantitative estimate of drug-likeness (QED) is 0.511. The molecule has 1 aromatic rings. The third-order valence-corrected chi connectivity index (χ3v) is 3.92. The van der Waals surface area contributed by atoms with Gasteiger partial charge in [0.1, 0.15) is 0 Å². The van der Waals surface area contributed by atoms with Crippen LogP contribution >= 0.6 is 0 Å². The zero-order valence-electron chi connectivity index (χ0n) is 13.5. The fourth-order valence-corrected chi connectivity index (χ4v) is 3.27. The minimum atomic E-state index is -0.630. The fourth-order valence-electron chi connectivity index (χ4n) is 3.27. The van der Waals surface area contributed by atoms with Crippen LogP contribution in [0.4, 0.5) is 0 Å². The van der Waals surface area contributed by atoms with Gasteiger partial charge in [-0.15, -0.1) is 0 Å². The summed E-state index contributed by atoms with van der Waals surface area (Å²) in [4.78, 5) is 1.96. The number of nitrogens with zero attached hydrogens (tertiary/aromatic N) is 1. The highest BCUT2D eigenvalue weighted by molar-refractivity contribution is 5.25. The molecule has 1 rings (SSSR count). The van der Waals surface area contributed by atoms with E-state index in [2.05, 4.69) is 0 Å². The van der Waals surface area contributed by atoms with Crippen molar-refractivity contribution in [3.8, 4) is 0 Å². The molecule has 2 atom stereocenters. The SMILES string of the molecule is CC(O)CC(CC(C)O)(c1ccccc1)N(CCO)CCO. The maximum Gasteiger partial charge on any atom is 0.0558 e. The van der Waals surface area contributed by atoms with Crippen molar-refractivity contribution in [2.75, 3.05) is 26.3 Å². The lowest BCUT2D eigenvalue weighted by Gasteiger charge is -2.46. The van der Waals surface area contributed by atoms with Crippen molar-refractivity contribution in [1.82, 2.24) is 4.90 Å². The molecular weight excluding hydrogens is 282 g/mol. The highest BCUT2D eigenvalue weighted by Crippen LogP contribution is 2.38. The summed E-state index contributed by atoms with van der Waals surface area (Å²) in [7, 11) is 0. The Bertz CT molecular complexity index is 392. The van der Waals surface area contributed by atoms with Gasteiger partial charge in [0.05, 0.1) is 31.0 Å². The van der Waals surface area contributed by atoms with Gasteiger partial charge in [-0.05, 0) is 32.3 Å². The maximum absolute atomic E-state index is 10.0. The summed E-state index contributed by atoms with van der Waals surface area (Å²) < 4.78 is 0. The Labute approximate surface area is 132 Å². The molecule has 1 aromatic carbocycles. The molecule has 4 N–H and O–H groups in total. The van der Waals surface area contributed by atoms with E-state index in [1.165, 1.54) is 0 Å². The van der Waals surface area contributed by atoms with Gasteiger partial charge >= 0.3 is 0 Å². The third-order valence-electron chi connectivity index (χ3n) is 3.92. The summed E-state index contributed by atoms with van der Waals surface area (Å²) in [5.41, 5.74) is 0.341. The molecule has 0 heterocycles. The van der Waals surface area contributed by atoms with Gasteiger partial charge in [0.15, 0.2) is 0 Å². The average molecular weight is 311 g/mol. The van der Waals surface area contributed by atoms with Crippen molar-refractivity contribution >= 4 is 0 Å². The zero-order chi connectivity index (χ0) is 16.6. The Morgan fingerprint density at radius 2 is 1.36 bits per heavy atom. The van der Waals surface area contributed by atoms with Gasteiger partial charge in [0, 0.05) is 13.1 Å². The van der Waals surface area contributed by atoms with Crippen LogP contribution in [0.1, 0.15) is 32.3 Å². The molecule has 0 aliphatic carbocycles. The van der Waals surface area contributed by atoms with Crippen molar-refractivity contribution in [3.63, 3.8) is 0 Å². The van der Waals surface area contributed by atoms with Crippen LogP contribution in [0.5, 0.6) is 0 Å². The Balaban J connectivity index is 3.34. The lowest BCUT2D eigenvalue weighted by Crippen LogP contribution is -2.51. The lowest BCUT2D eigenvalue weighted by atomic mass is 9.78. The second kappa shape index (κ2) is 9.22. The molecule has 2 unspecified atom stereocenters. The monoisotopic (exact) mass is 311 g/mol. The number of hydrogen-bond donors (Lipinski definition) is 4. The summed E-state index contributed by atoms with van der Waals surface area (Å²) in [6, 6.07) is 9.69. The smallest absolute Gasteiger partial charge is 0.0558 e. The summed E-state index contributed by atoms with van der Waals surface area (Å²) in [5.74, 6) is 0. The van der Waals surface area contributed by atoms with E-state index in [1.54, 1.807) is 13.8 Å². The first-order valence-electron chi connectivity index (χ1n) is 7.84. The molecule has 0 saturated heterocycles. The Morgan fingerprint density at radius 3 is 1.73 bits per heavy atom. The number of rotatable bonds is 10. The van der Waals surface area contributed by atoms with Crippen molar-refractivity contribution in [3.05, 3.63) is 35.9 Å². The van der Waals surface area contributed by atoms with E-state index in [1.807, 2.05) is 35.2 Å². The van der Waals surface area contributed by atoms with Crippen LogP contribution < -0.4 is 0 Å². The third kappa shape index (κ3) is 5.04. The lowest BCUT2D eigenvalue weighted by molar-refractivity contribution is -0.0197. The largest absolute Gasteiger partial charge is 0.395 e. The minimum Gasteiger partial charge on any atom is -0.395 e. The van der Waals surface area contributed by atoms with E-state index in [-0.39, 0.29) is 13.2 Å². The molecular formula is C17H29NO4. The molecule has 0 amide bonds. The van der Waals surface area contributed by atoms with E-state index in [9.17, 15) is 20.4 Å². The maximum atomic E-state index is 10.0. The van der Waals surface area contributed by atoms with Gasteiger partial charge in [-0.2, -0.15) is 0 Å². The van der Waals surface area contributed by atoms with Gasteiger partial charge < -0.3 is 20.4 Å². The summed E-state index contributed by atoms with van der Waals surface area (Å²) in [5, 5.41) is 38.8. The highest BCUT2D eigenvalue weighted by atomic mass is 16.3. The van der Waals surface area contributed by atoms with Crippen molar-refractivity contribution < 1.29 is 20.4 Å². The molecule has 0 fully saturated rings.